The molecule has 1 aromatic rings. The second-order valence-corrected chi connectivity index (χ2v) is 5.58. The van der Waals surface area contributed by atoms with E-state index in [2.05, 4.69) is 0 Å². The molecule has 0 aliphatic carbocycles. The number of rotatable bonds is 5. The summed E-state index contributed by atoms with van der Waals surface area (Å²) in [6.07, 6.45) is 2.19. The molecular formula is C17H21N3O2. The van der Waals surface area contributed by atoms with Crippen molar-refractivity contribution in [1.82, 2.24) is 9.80 Å². The van der Waals surface area contributed by atoms with E-state index in [0.717, 1.165) is 12.0 Å². The largest absolute Gasteiger partial charge is 0.343 e. The normalized spacial score (nSPS) is 17.1. The summed E-state index contributed by atoms with van der Waals surface area (Å²) in [6.45, 7) is 1.04. The SMILES string of the molecule is CN(CCC#N)C(=O)[C@@H]1CCCN1C(=O)Cc1ccccc1. The second-order valence-electron chi connectivity index (χ2n) is 5.58. The molecule has 2 amide bonds. The molecule has 22 heavy (non-hydrogen) atoms. The number of nitriles is 1. The standard InChI is InChI=1S/C17H21N3O2/c1-19(11-6-10-18)17(22)15-9-5-12-20(15)16(21)13-14-7-3-2-4-8-14/h2-4,7-8,15H,5-6,9,11-13H2,1H3/t15-/m0/s1. The molecule has 0 unspecified atom stereocenters. The van der Waals surface area contributed by atoms with Gasteiger partial charge in [0.15, 0.2) is 0 Å². The van der Waals surface area contributed by atoms with E-state index < -0.39 is 0 Å². The maximum absolute atomic E-state index is 12.5. The average Bonchev–Trinajstić information content (AvgIpc) is 3.02. The van der Waals surface area contributed by atoms with Crippen LogP contribution >= 0.6 is 0 Å². The summed E-state index contributed by atoms with van der Waals surface area (Å²) in [4.78, 5) is 28.2. The number of amides is 2. The van der Waals surface area contributed by atoms with Crippen molar-refractivity contribution >= 4 is 11.8 Å². The monoisotopic (exact) mass is 299 g/mol. The molecule has 1 atom stereocenters. The van der Waals surface area contributed by atoms with E-state index in [9.17, 15) is 9.59 Å². The van der Waals surface area contributed by atoms with Crippen molar-refractivity contribution in [2.45, 2.75) is 31.7 Å². The Hall–Kier alpha value is -2.35. The zero-order valence-corrected chi connectivity index (χ0v) is 12.9. The lowest BCUT2D eigenvalue weighted by Crippen LogP contribution is -2.47. The molecule has 1 fully saturated rings. The highest BCUT2D eigenvalue weighted by Crippen LogP contribution is 2.20. The summed E-state index contributed by atoms with van der Waals surface area (Å²) >= 11 is 0. The number of carbonyl (C=O) groups excluding carboxylic acids is 2. The third kappa shape index (κ3) is 3.85. The van der Waals surface area contributed by atoms with Crippen molar-refractivity contribution in [3.63, 3.8) is 0 Å². The Morgan fingerprint density at radius 2 is 2.09 bits per heavy atom. The third-order valence-electron chi connectivity index (χ3n) is 3.99. The van der Waals surface area contributed by atoms with Crippen LogP contribution in [-0.2, 0) is 16.0 Å². The summed E-state index contributed by atoms with van der Waals surface area (Å²) in [5.74, 6) is -0.0649. The van der Waals surface area contributed by atoms with Crippen molar-refractivity contribution in [1.29, 1.82) is 5.26 Å². The zero-order chi connectivity index (χ0) is 15.9. The van der Waals surface area contributed by atoms with Crippen LogP contribution in [0, 0.1) is 11.3 Å². The third-order valence-corrected chi connectivity index (χ3v) is 3.99. The van der Waals surface area contributed by atoms with E-state index >= 15 is 0 Å². The number of hydrogen-bond acceptors (Lipinski definition) is 3. The first-order valence-corrected chi connectivity index (χ1v) is 7.59. The van der Waals surface area contributed by atoms with Gasteiger partial charge in [0.2, 0.25) is 11.8 Å². The van der Waals surface area contributed by atoms with Crippen molar-refractivity contribution in [3.05, 3.63) is 35.9 Å². The molecule has 1 aromatic carbocycles. The number of benzene rings is 1. The first-order valence-electron chi connectivity index (χ1n) is 7.59. The van der Waals surface area contributed by atoms with Crippen LogP contribution in [0.4, 0.5) is 0 Å². The van der Waals surface area contributed by atoms with E-state index in [1.807, 2.05) is 36.4 Å². The molecule has 1 aliphatic rings. The highest BCUT2D eigenvalue weighted by molar-refractivity contribution is 5.89. The van der Waals surface area contributed by atoms with E-state index in [1.165, 1.54) is 0 Å². The molecule has 1 heterocycles. The number of hydrogen-bond donors (Lipinski definition) is 0. The number of likely N-dealkylation sites (N-methyl/N-ethyl adjacent to an activating group) is 1. The van der Waals surface area contributed by atoms with E-state index in [1.54, 1.807) is 16.8 Å². The Morgan fingerprint density at radius 3 is 2.77 bits per heavy atom. The van der Waals surface area contributed by atoms with E-state index in [-0.39, 0.29) is 17.9 Å². The quantitative estimate of drug-likeness (QED) is 0.829. The lowest BCUT2D eigenvalue weighted by Gasteiger charge is -2.27. The molecule has 0 bridgehead atoms. The van der Waals surface area contributed by atoms with Gasteiger partial charge in [0.05, 0.1) is 18.9 Å². The van der Waals surface area contributed by atoms with Gasteiger partial charge in [-0.05, 0) is 18.4 Å². The molecule has 116 valence electrons. The Labute approximate surface area is 131 Å². The molecule has 1 saturated heterocycles. The van der Waals surface area contributed by atoms with Gasteiger partial charge in [-0.25, -0.2) is 0 Å². The van der Waals surface area contributed by atoms with Crippen LogP contribution in [0.1, 0.15) is 24.8 Å². The van der Waals surface area contributed by atoms with Gasteiger partial charge in [-0.2, -0.15) is 5.26 Å². The van der Waals surface area contributed by atoms with Crippen LogP contribution in [0.5, 0.6) is 0 Å². The molecule has 5 heteroatoms. The first kappa shape index (κ1) is 16.0. The van der Waals surface area contributed by atoms with Gasteiger partial charge in [-0.1, -0.05) is 30.3 Å². The van der Waals surface area contributed by atoms with Gasteiger partial charge >= 0.3 is 0 Å². The fourth-order valence-electron chi connectivity index (χ4n) is 2.78. The minimum atomic E-state index is -0.375. The minimum Gasteiger partial charge on any atom is -0.343 e. The summed E-state index contributed by atoms with van der Waals surface area (Å²) < 4.78 is 0. The molecule has 0 spiro atoms. The van der Waals surface area contributed by atoms with E-state index in [4.69, 9.17) is 5.26 Å². The van der Waals surface area contributed by atoms with Crippen LogP contribution < -0.4 is 0 Å². The molecule has 0 N–H and O–H groups in total. The van der Waals surface area contributed by atoms with Crippen LogP contribution in [0.25, 0.3) is 0 Å². The summed E-state index contributed by atoms with van der Waals surface area (Å²) in [5, 5.41) is 8.61. The summed E-state index contributed by atoms with van der Waals surface area (Å²) in [6, 6.07) is 11.2. The van der Waals surface area contributed by atoms with Crippen molar-refractivity contribution < 1.29 is 9.59 Å². The maximum atomic E-state index is 12.5. The summed E-state index contributed by atoms with van der Waals surface area (Å²) in [7, 11) is 1.69. The fourth-order valence-corrected chi connectivity index (χ4v) is 2.78. The molecule has 0 saturated carbocycles. The fraction of sp³-hybridized carbons (Fsp3) is 0.471. The zero-order valence-electron chi connectivity index (χ0n) is 12.9. The lowest BCUT2D eigenvalue weighted by molar-refractivity contribution is -0.142. The van der Waals surface area contributed by atoms with Crippen LogP contribution in [-0.4, -0.2) is 47.8 Å². The second kappa shape index (κ2) is 7.60. The van der Waals surface area contributed by atoms with Gasteiger partial charge < -0.3 is 9.80 Å². The van der Waals surface area contributed by atoms with Crippen molar-refractivity contribution in [3.8, 4) is 6.07 Å². The highest BCUT2D eigenvalue weighted by atomic mass is 16.2. The van der Waals surface area contributed by atoms with Crippen molar-refractivity contribution in [2.24, 2.45) is 0 Å². The van der Waals surface area contributed by atoms with Crippen LogP contribution in [0.2, 0.25) is 0 Å². The van der Waals surface area contributed by atoms with E-state index in [0.29, 0.717) is 32.4 Å². The minimum absolute atomic E-state index is 0.00395. The molecule has 0 aromatic heterocycles. The highest BCUT2D eigenvalue weighted by Gasteiger charge is 2.35. The predicted molar refractivity (Wildman–Crippen MR) is 82.7 cm³/mol. The van der Waals surface area contributed by atoms with Crippen LogP contribution in [0.15, 0.2) is 30.3 Å². The summed E-state index contributed by atoms with van der Waals surface area (Å²) in [5.41, 5.74) is 0.962. The van der Waals surface area contributed by atoms with Gasteiger partial charge in [0, 0.05) is 20.1 Å². The molecule has 0 radical (unpaired) electrons. The molecule has 2 rings (SSSR count). The molecule has 1 aliphatic heterocycles. The number of likely N-dealkylation sites (tertiary alicyclic amines) is 1. The molecule has 5 nitrogen and oxygen atoms in total. The van der Waals surface area contributed by atoms with Crippen LogP contribution in [0.3, 0.4) is 0 Å². The Kier molecular flexibility index (Phi) is 5.54. The molecular weight excluding hydrogens is 278 g/mol. The average molecular weight is 299 g/mol. The number of carbonyl (C=O) groups is 2. The topological polar surface area (TPSA) is 64.4 Å². The Bertz CT molecular complexity index is 565. The maximum Gasteiger partial charge on any atom is 0.245 e. The first-order chi connectivity index (χ1) is 10.6. The lowest BCUT2D eigenvalue weighted by atomic mass is 10.1. The smallest absolute Gasteiger partial charge is 0.245 e. The van der Waals surface area contributed by atoms with Crippen molar-refractivity contribution in [2.75, 3.05) is 20.1 Å². The predicted octanol–water partition coefficient (Wildman–Crippen LogP) is 1.59. The Morgan fingerprint density at radius 1 is 1.36 bits per heavy atom. The Balaban J connectivity index is 1.99. The van der Waals surface area contributed by atoms with Gasteiger partial charge in [0.25, 0.3) is 0 Å². The van der Waals surface area contributed by atoms with Gasteiger partial charge in [-0.3, -0.25) is 9.59 Å². The number of nitrogens with zero attached hydrogens (tertiary/aromatic N) is 3. The van der Waals surface area contributed by atoms with Gasteiger partial charge in [0.1, 0.15) is 6.04 Å². The van der Waals surface area contributed by atoms with Gasteiger partial charge in [-0.15, -0.1) is 0 Å².